The highest BCUT2D eigenvalue weighted by Gasteiger charge is 2.24. The third-order valence-corrected chi connectivity index (χ3v) is 5.96. The van der Waals surface area contributed by atoms with Crippen LogP contribution in [0, 0.1) is 12.7 Å². The molecule has 0 aliphatic heterocycles. The number of pyridine rings is 1. The molecule has 0 saturated heterocycles. The molecule has 1 heterocycles. The number of fused-ring (bicyclic) bond motifs is 1. The Labute approximate surface area is 152 Å². The molecule has 26 heavy (non-hydrogen) atoms. The summed E-state index contributed by atoms with van der Waals surface area (Å²) in [6.07, 6.45) is 1.64. The molecule has 3 rings (SSSR count). The van der Waals surface area contributed by atoms with E-state index in [2.05, 4.69) is 4.98 Å². The molecule has 0 aliphatic carbocycles. The van der Waals surface area contributed by atoms with Gasteiger partial charge in [-0.2, -0.15) is 4.31 Å². The molecule has 0 N–H and O–H groups in total. The lowest BCUT2D eigenvalue weighted by Gasteiger charge is -2.18. The molecule has 0 aliphatic rings. The molecule has 0 unspecified atom stereocenters. The number of para-hydroxylation sites is 1. The van der Waals surface area contributed by atoms with Gasteiger partial charge in [0.15, 0.2) is 11.6 Å². The van der Waals surface area contributed by atoms with E-state index in [-0.39, 0.29) is 17.2 Å². The van der Waals surface area contributed by atoms with E-state index >= 15 is 0 Å². The van der Waals surface area contributed by atoms with Crippen LogP contribution in [-0.4, -0.2) is 31.9 Å². The Kier molecular flexibility index (Phi) is 4.93. The molecule has 0 fully saturated rings. The first-order valence-electron chi connectivity index (χ1n) is 7.97. The fourth-order valence-corrected chi connectivity index (χ4v) is 4.09. The SMILES string of the molecule is COc1ccc(CN(C)S(=O)(=O)c2cccc3cc(C)cnc23)cc1F. The van der Waals surface area contributed by atoms with Crippen molar-refractivity contribution < 1.29 is 17.5 Å². The van der Waals surface area contributed by atoms with Gasteiger partial charge >= 0.3 is 0 Å². The van der Waals surface area contributed by atoms with Gasteiger partial charge in [-0.05, 0) is 42.3 Å². The van der Waals surface area contributed by atoms with Gasteiger partial charge in [-0.3, -0.25) is 4.98 Å². The first kappa shape index (κ1) is 18.3. The smallest absolute Gasteiger partial charge is 0.245 e. The minimum atomic E-state index is -3.79. The van der Waals surface area contributed by atoms with Crippen LogP contribution in [-0.2, 0) is 16.6 Å². The molecule has 0 spiro atoms. The summed E-state index contributed by atoms with van der Waals surface area (Å²) in [5, 5.41) is 0.759. The molecule has 2 aromatic carbocycles. The topological polar surface area (TPSA) is 59.5 Å². The normalized spacial score (nSPS) is 11.9. The maximum absolute atomic E-state index is 13.9. The number of ether oxygens (including phenoxy) is 1. The third-order valence-electron chi connectivity index (χ3n) is 4.12. The molecule has 1 aromatic heterocycles. The number of methoxy groups -OCH3 is 1. The van der Waals surface area contributed by atoms with Gasteiger partial charge in [-0.15, -0.1) is 0 Å². The van der Waals surface area contributed by atoms with Crippen LogP contribution in [0.15, 0.2) is 53.6 Å². The average molecular weight is 374 g/mol. The monoisotopic (exact) mass is 374 g/mol. The maximum atomic E-state index is 13.9. The van der Waals surface area contributed by atoms with Crippen LogP contribution < -0.4 is 4.74 Å². The molecule has 0 saturated carbocycles. The van der Waals surface area contributed by atoms with Crippen LogP contribution in [0.3, 0.4) is 0 Å². The Morgan fingerprint density at radius 2 is 1.96 bits per heavy atom. The summed E-state index contributed by atoms with van der Waals surface area (Å²) in [5.41, 5.74) is 1.90. The number of aromatic nitrogens is 1. The fourth-order valence-electron chi connectivity index (χ4n) is 2.77. The summed E-state index contributed by atoms with van der Waals surface area (Å²) in [4.78, 5) is 4.42. The molecular weight excluding hydrogens is 355 g/mol. The van der Waals surface area contributed by atoms with E-state index in [1.165, 1.54) is 36.7 Å². The van der Waals surface area contributed by atoms with E-state index in [0.29, 0.717) is 11.1 Å². The molecule has 7 heteroatoms. The molecule has 136 valence electrons. The molecule has 5 nitrogen and oxygen atoms in total. The summed E-state index contributed by atoms with van der Waals surface area (Å²) in [7, 11) is -0.946. The van der Waals surface area contributed by atoms with Gasteiger partial charge in [0, 0.05) is 25.2 Å². The lowest BCUT2D eigenvalue weighted by atomic mass is 10.2. The number of nitrogens with zero attached hydrogens (tertiary/aromatic N) is 2. The first-order valence-corrected chi connectivity index (χ1v) is 9.41. The van der Waals surface area contributed by atoms with Gasteiger partial charge in [0.05, 0.1) is 12.6 Å². The van der Waals surface area contributed by atoms with Gasteiger partial charge in [-0.1, -0.05) is 18.2 Å². The third kappa shape index (κ3) is 3.40. The van der Waals surface area contributed by atoms with Gasteiger partial charge in [0.25, 0.3) is 0 Å². The van der Waals surface area contributed by atoms with Gasteiger partial charge < -0.3 is 4.74 Å². The molecule has 0 bridgehead atoms. The number of benzene rings is 2. The lowest BCUT2D eigenvalue weighted by Crippen LogP contribution is -2.27. The van der Waals surface area contributed by atoms with Crippen molar-refractivity contribution in [2.45, 2.75) is 18.4 Å². The Morgan fingerprint density at radius 1 is 1.19 bits per heavy atom. The van der Waals surface area contributed by atoms with Crippen LogP contribution >= 0.6 is 0 Å². The van der Waals surface area contributed by atoms with Crippen molar-refractivity contribution >= 4 is 20.9 Å². The summed E-state index contributed by atoms with van der Waals surface area (Å²) in [5.74, 6) is -0.411. The predicted octanol–water partition coefficient (Wildman–Crippen LogP) is 3.51. The largest absolute Gasteiger partial charge is 0.494 e. The zero-order chi connectivity index (χ0) is 18.9. The highest BCUT2D eigenvalue weighted by Crippen LogP contribution is 2.26. The predicted molar refractivity (Wildman–Crippen MR) is 98.1 cm³/mol. The van der Waals surface area contributed by atoms with Gasteiger partial charge in [0.2, 0.25) is 10.0 Å². The fraction of sp³-hybridized carbons (Fsp3) is 0.211. The van der Waals surface area contributed by atoms with E-state index in [0.717, 1.165) is 10.9 Å². The zero-order valence-electron chi connectivity index (χ0n) is 14.7. The second-order valence-corrected chi connectivity index (χ2v) is 8.08. The van der Waals surface area contributed by atoms with E-state index in [1.807, 2.05) is 19.1 Å². The summed E-state index contributed by atoms with van der Waals surface area (Å²) < 4.78 is 46.0. The molecule has 0 atom stereocenters. The Balaban J connectivity index is 1.96. The zero-order valence-corrected chi connectivity index (χ0v) is 15.5. The maximum Gasteiger partial charge on any atom is 0.245 e. The van der Waals surface area contributed by atoms with Crippen LogP contribution in [0.4, 0.5) is 4.39 Å². The van der Waals surface area contributed by atoms with E-state index in [1.54, 1.807) is 18.3 Å². The summed E-state index contributed by atoms with van der Waals surface area (Å²) in [6, 6.07) is 11.3. The lowest BCUT2D eigenvalue weighted by molar-refractivity contribution is 0.385. The Hall–Kier alpha value is -2.51. The van der Waals surface area contributed by atoms with Crippen LogP contribution in [0.5, 0.6) is 5.75 Å². The van der Waals surface area contributed by atoms with E-state index in [9.17, 15) is 12.8 Å². The van der Waals surface area contributed by atoms with Crippen molar-refractivity contribution in [1.29, 1.82) is 0 Å². The quantitative estimate of drug-likeness (QED) is 0.686. The number of rotatable bonds is 5. The van der Waals surface area contributed by atoms with Crippen molar-refractivity contribution in [3.05, 3.63) is 65.6 Å². The van der Waals surface area contributed by atoms with Crippen LogP contribution in [0.2, 0.25) is 0 Å². The molecule has 3 aromatic rings. The van der Waals surface area contributed by atoms with E-state index in [4.69, 9.17) is 4.74 Å². The van der Waals surface area contributed by atoms with Crippen LogP contribution in [0.25, 0.3) is 10.9 Å². The summed E-state index contributed by atoms with van der Waals surface area (Å²) >= 11 is 0. The number of hydrogen-bond donors (Lipinski definition) is 0. The molecule has 0 radical (unpaired) electrons. The van der Waals surface area contributed by atoms with E-state index < -0.39 is 15.8 Å². The average Bonchev–Trinajstić information content (AvgIpc) is 2.61. The van der Waals surface area contributed by atoms with Crippen LogP contribution in [0.1, 0.15) is 11.1 Å². The van der Waals surface area contributed by atoms with Crippen molar-refractivity contribution in [1.82, 2.24) is 9.29 Å². The van der Waals surface area contributed by atoms with Crippen molar-refractivity contribution in [3.8, 4) is 5.75 Å². The summed E-state index contributed by atoms with van der Waals surface area (Å²) in [6.45, 7) is 1.93. The molecular formula is C19H19FN2O3S. The van der Waals surface area contributed by atoms with Gasteiger partial charge in [-0.25, -0.2) is 12.8 Å². The van der Waals surface area contributed by atoms with Crippen molar-refractivity contribution in [3.63, 3.8) is 0 Å². The van der Waals surface area contributed by atoms with Crippen molar-refractivity contribution in [2.24, 2.45) is 0 Å². The second kappa shape index (κ2) is 7.01. The minimum absolute atomic E-state index is 0.0332. The highest BCUT2D eigenvalue weighted by molar-refractivity contribution is 7.89. The Morgan fingerprint density at radius 3 is 2.65 bits per heavy atom. The number of aryl methyl sites for hydroxylation is 1. The number of hydrogen-bond acceptors (Lipinski definition) is 4. The highest BCUT2D eigenvalue weighted by atomic mass is 32.2. The minimum Gasteiger partial charge on any atom is -0.494 e. The first-order chi connectivity index (χ1) is 12.3. The van der Waals surface area contributed by atoms with Crippen molar-refractivity contribution in [2.75, 3.05) is 14.2 Å². The number of halogens is 1. The number of sulfonamides is 1. The standard InChI is InChI=1S/C19H19FN2O3S/c1-13-9-15-5-4-6-18(19(15)21-11-13)26(23,24)22(2)12-14-7-8-17(25-3)16(20)10-14/h4-11H,12H2,1-3H3. The molecule has 0 amide bonds. The van der Waals surface area contributed by atoms with Gasteiger partial charge in [0.1, 0.15) is 4.90 Å². The second-order valence-electron chi connectivity index (χ2n) is 6.07. The Bertz CT molecular complexity index is 1070.